The first-order valence-electron chi connectivity index (χ1n) is 10.7. The molecule has 0 amide bonds. The second-order valence-corrected chi connectivity index (χ2v) is 9.25. The van der Waals surface area contributed by atoms with E-state index >= 15 is 0 Å². The first kappa shape index (κ1) is 20.6. The van der Waals surface area contributed by atoms with Gasteiger partial charge in [0, 0.05) is 49.0 Å². The Balaban J connectivity index is 1.26. The van der Waals surface area contributed by atoms with Crippen LogP contribution in [0.25, 0.3) is 10.9 Å². The molecule has 0 spiro atoms. The lowest BCUT2D eigenvalue weighted by Gasteiger charge is -2.42. The van der Waals surface area contributed by atoms with Gasteiger partial charge >= 0.3 is 5.69 Å². The molecule has 2 aromatic carbocycles. The van der Waals surface area contributed by atoms with Crippen molar-refractivity contribution in [1.29, 1.82) is 0 Å². The molecule has 2 bridgehead atoms. The molecule has 3 aromatic rings. The number of benzene rings is 2. The van der Waals surface area contributed by atoms with Crippen LogP contribution in [0.5, 0.6) is 0 Å². The molecule has 2 atom stereocenters. The Morgan fingerprint density at radius 1 is 0.935 bits per heavy atom. The second-order valence-electron chi connectivity index (χ2n) is 8.41. The van der Waals surface area contributed by atoms with Crippen LogP contribution in [0, 0.1) is 0 Å². The summed E-state index contributed by atoms with van der Waals surface area (Å²) in [6.07, 6.45) is 3.12. The lowest BCUT2D eigenvalue weighted by molar-refractivity contribution is 0.164. The van der Waals surface area contributed by atoms with Gasteiger partial charge in [0.15, 0.2) is 0 Å². The van der Waals surface area contributed by atoms with Crippen molar-refractivity contribution in [1.82, 2.24) is 14.5 Å². The number of rotatable bonds is 5. The molecule has 2 aliphatic heterocycles. The van der Waals surface area contributed by atoms with Crippen LogP contribution in [0.1, 0.15) is 19.3 Å². The molecule has 2 fully saturated rings. The maximum absolute atomic E-state index is 12.8. The Labute approximate surface area is 190 Å². The van der Waals surface area contributed by atoms with Crippen molar-refractivity contribution in [3.05, 3.63) is 73.3 Å². The third-order valence-corrected chi connectivity index (χ3v) is 7.16. The highest BCUT2D eigenvalue weighted by molar-refractivity contribution is 6.34. The van der Waals surface area contributed by atoms with Crippen molar-refractivity contribution in [2.45, 2.75) is 37.9 Å². The lowest BCUT2D eigenvalue weighted by atomic mass is 10.1. The molecule has 8 heteroatoms. The molecule has 0 saturated carbocycles. The number of fused-ring (bicyclic) bond motifs is 3. The molecule has 0 radical (unpaired) electrons. The normalized spacial score (nSPS) is 21.2. The van der Waals surface area contributed by atoms with E-state index in [0.29, 0.717) is 34.6 Å². The zero-order valence-electron chi connectivity index (χ0n) is 17.1. The fraction of sp³-hybridized carbons (Fsp3) is 0.391. The Kier molecular flexibility index (Phi) is 5.54. The van der Waals surface area contributed by atoms with Gasteiger partial charge in [-0.25, -0.2) is 4.79 Å². The van der Waals surface area contributed by atoms with Crippen LogP contribution in [0.2, 0.25) is 10.0 Å². The fourth-order valence-corrected chi connectivity index (χ4v) is 5.42. The van der Waals surface area contributed by atoms with Crippen LogP contribution in [0.4, 0.5) is 5.69 Å². The second kappa shape index (κ2) is 8.34. The van der Waals surface area contributed by atoms with Gasteiger partial charge in [0.1, 0.15) is 0 Å². The van der Waals surface area contributed by atoms with Crippen LogP contribution in [0.3, 0.4) is 0 Å². The first-order chi connectivity index (χ1) is 15.0. The predicted octanol–water partition coefficient (Wildman–Crippen LogP) is 3.74. The topological polar surface area (TPSA) is 61.3 Å². The fourth-order valence-electron chi connectivity index (χ4n) is 5.07. The average molecular weight is 459 g/mol. The van der Waals surface area contributed by atoms with Gasteiger partial charge in [0.2, 0.25) is 0 Å². The first-order valence-corrected chi connectivity index (χ1v) is 11.4. The third kappa shape index (κ3) is 3.88. The van der Waals surface area contributed by atoms with Crippen LogP contribution >= 0.6 is 23.2 Å². The zero-order valence-corrected chi connectivity index (χ0v) is 18.6. The van der Waals surface area contributed by atoms with E-state index in [0.717, 1.165) is 31.1 Å². The minimum absolute atomic E-state index is 0.281. The minimum Gasteiger partial charge on any atom is -0.368 e. The van der Waals surface area contributed by atoms with Crippen LogP contribution < -0.4 is 16.1 Å². The highest BCUT2D eigenvalue weighted by Gasteiger charge is 2.39. The van der Waals surface area contributed by atoms with E-state index < -0.39 is 5.69 Å². The Morgan fingerprint density at radius 2 is 1.65 bits per heavy atom. The van der Waals surface area contributed by atoms with Crippen LogP contribution in [-0.2, 0) is 6.54 Å². The van der Waals surface area contributed by atoms with Gasteiger partial charge in [0.05, 0.1) is 15.9 Å². The molecule has 162 valence electrons. The van der Waals surface area contributed by atoms with Gasteiger partial charge in [0.25, 0.3) is 5.56 Å². The quantitative estimate of drug-likeness (QED) is 0.632. The lowest BCUT2D eigenvalue weighted by Crippen LogP contribution is -2.54. The maximum Gasteiger partial charge on any atom is 0.328 e. The molecule has 2 aliphatic rings. The van der Waals surface area contributed by atoms with Crippen molar-refractivity contribution >= 4 is 39.8 Å². The molecule has 5 rings (SSSR count). The molecule has 1 N–H and O–H groups in total. The highest BCUT2D eigenvalue weighted by atomic mass is 35.5. The number of anilines is 1. The molecule has 0 aliphatic carbocycles. The standard InChI is InChI=1S/C23H24Cl2N4O2/c24-15-5-7-16(8-6-15)27-13-17-9-10-18(14-27)28(17)11-2-12-29-22(30)19-3-1-4-20(25)21(19)26-23(29)31/h1,3-8,17-18H,2,9-14H2,(H,26,31). The van der Waals surface area contributed by atoms with Crippen molar-refractivity contribution < 1.29 is 0 Å². The minimum atomic E-state index is -0.402. The van der Waals surface area contributed by atoms with Gasteiger partial charge in [-0.1, -0.05) is 29.3 Å². The molecule has 3 heterocycles. The predicted molar refractivity (Wildman–Crippen MR) is 126 cm³/mol. The van der Waals surface area contributed by atoms with Gasteiger partial charge in [-0.05, 0) is 55.7 Å². The summed E-state index contributed by atoms with van der Waals surface area (Å²) in [5, 5.41) is 1.59. The number of H-pyrrole nitrogens is 1. The number of aromatic nitrogens is 2. The number of nitrogens with zero attached hydrogens (tertiary/aromatic N) is 3. The molecular weight excluding hydrogens is 435 g/mol. The van der Waals surface area contributed by atoms with Gasteiger partial charge in [-0.2, -0.15) is 0 Å². The smallest absolute Gasteiger partial charge is 0.328 e. The molecular formula is C23H24Cl2N4O2. The maximum atomic E-state index is 12.8. The summed E-state index contributed by atoms with van der Waals surface area (Å²) in [5.74, 6) is 0. The Hall–Kier alpha value is -2.28. The van der Waals surface area contributed by atoms with Crippen LogP contribution in [0.15, 0.2) is 52.1 Å². The number of nitrogens with one attached hydrogen (secondary N) is 1. The summed E-state index contributed by atoms with van der Waals surface area (Å²) < 4.78 is 1.30. The van der Waals surface area contributed by atoms with E-state index in [-0.39, 0.29) is 5.56 Å². The number of piperazine rings is 1. The monoisotopic (exact) mass is 458 g/mol. The average Bonchev–Trinajstić information content (AvgIpc) is 2.99. The summed E-state index contributed by atoms with van der Waals surface area (Å²) in [6.45, 7) is 3.26. The summed E-state index contributed by atoms with van der Waals surface area (Å²) in [6, 6.07) is 14.2. The summed E-state index contributed by atoms with van der Waals surface area (Å²) in [4.78, 5) is 33.0. The molecule has 2 unspecified atom stereocenters. The van der Waals surface area contributed by atoms with Gasteiger partial charge in [-0.15, -0.1) is 0 Å². The molecule has 1 aromatic heterocycles. The largest absolute Gasteiger partial charge is 0.368 e. The van der Waals surface area contributed by atoms with Crippen molar-refractivity contribution in [3.63, 3.8) is 0 Å². The molecule has 2 saturated heterocycles. The van der Waals surface area contributed by atoms with Gasteiger partial charge < -0.3 is 9.88 Å². The summed E-state index contributed by atoms with van der Waals surface area (Å²) >= 11 is 12.2. The highest BCUT2D eigenvalue weighted by Crippen LogP contribution is 2.33. The van der Waals surface area contributed by atoms with E-state index in [2.05, 4.69) is 26.9 Å². The SMILES string of the molecule is O=c1[nH]c2c(Cl)cccc2c(=O)n1CCCN1C2CCC1CN(c1ccc(Cl)cc1)C2. The number of halogens is 2. The molecule has 31 heavy (non-hydrogen) atoms. The van der Waals surface area contributed by atoms with E-state index in [4.69, 9.17) is 23.2 Å². The summed E-state index contributed by atoms with van der Waals surface area (Å²) in [7, 11) is 0. The van der Waals surface area contributed by atoms with Crippen LogP contribution in [-0.4, -0.2) is 46.2 Å². The summed E-state index contributed by atoms with van der Waals surface area (Å²) in [5.41, 5.74) is 0.943. The van der Waals surface area contributed by atoms with Crippen molar-refractivity contribution in [2.75, 3.05) is 24.5 Å². The van der Waals surface area contributed by atoms with Crippen molar-refractivity contribution in [3.8, 4) is 0 Å². The van der Waals surface area contributed by atoms with E-state index in [9.17, 15) is 9.59 Å². The number of hydrogen-bond acceptors (Lipinski definition) is 4. The van der Waals surface area contributed by atoms with Crippen molar-refractivity contribution in [2.24, 2.45) is 0 Å². The Bertz CT molecular complexity index is 1210. The van der Waals surface area contributed by atoms with E-state index in [1.807, 2.05) is 12.1 Å². The Morgan fingerprint density at radius 3 is 2.35 bits per heavy atom. The third-order valence-electron chi connectivity index (χ3n) is 6.59. The number of aromatic amines is 1. The van der Waals surface area contributed by atoms with Gasteiger partial charge in [-0.3, -0.25) is 14.3 Å². The van der Waals surface area contributed by atoms with E-state index in [1.165, 1.54) is 23.1 Å². The number of para-hydroxylation sites is 1. The number of hydrogen-bond donors (Lipinski definition) is 1. The molecule has 6 nitrogen and oxygen atoms in total. The zero-order chi connectivity index (χ0) is 21.5. The van der Waals surface area contributed by atoms with E-state index in [1.54, 1.807) is 18.2 Å².